The van der Waals surface area contributed by atoms with Gasteiger partial charge in [0.05, 0.1) is 5.02 Å². The fraction of sp³-hybridized carbons (Fsp3) is 0.455. The van der Waals surface area contributed by atoms with E-state index in [2.05, 4.69) is 0 Å². The lowest BCUT2D eigenvalue weighted by molar-refractivity contribution is 0.531. The summed E-state index contributed by atoms with van der Waals surface area (Å²) in [6, 6.07) is 2.19. The first-order valence-electron chi connectivity index (χ1n) is 4.76. The molecule has 82 valence electrons. The van der Waals surface area contributed by atoms with Gasteiger partial charge in [-0.1, -0.05) is 25.4 Å². The highest BCUT2D eigenvalue weighted by Gasteiger charge is 2.58. The maximum absolute atomic E-state index is 13.6. The monoisotopic (exact) mass is 231 g/mol. The summed E-state index contributed by atoms with van der Waals surface area (Å²) in [5.74, 6) is -1.53. The number of rotatable bonds is 1. The lowest BCUT2D eigenvalue weighted by Crippen LogP contribution is -2.07. The molecule has 0 radical (unpaired) electrons. The van der Waals surface area contributed by atoms with Crippen molar-refractivity contribution in [3.05, 3.63) is 34.4 Å². The second-order valence-electron chi connectivity index (χ2n) is 4.58. The van der Waals surface area contributed by atoms with E-state index in [1.54, 1.807) is 0 Å². The van der Waals surface area contributed by atoms with Gasteiger partial charge in [0.2, 0.25) is 0 Å². The molecular formula is C11H12ClF2N. The van der Waals surface area contributed by atoms with Crippen LogP contribution < -0.4 is 5.73 Å². The Labute approximate surface area is 92.2 Å². The molecule has 2 N–H and O–H groups in total. The fourth-order valence-electron chi connectivity index (χ4n) is 2.06. The van der Waals surface area contributed by atoms with E-state index in [1.807, 2.05) is 13.8 Å². The van der Waals surface area contributed by atoms with Gasteiger partial charge in [0.15, 0.2) is 0 Å². The molecule has 0 unspecified atom stereocenters. The summed E-state index contributed by atoms with van der Waals surface area (Å²) in [5, 5.41) is -0.0544. The van der Waals surface area contributed by atoms with Gasteiger partial charge in [0.25, 0.3) is 0 Å². The number of hydrogen-bond donors (Lipinski definition) is 1. The van der Waals surface area contributed by atoms with Crippen LogP contribution in [0.1, 0.15) is 25.3 Å². The van der Waals surface area contributed by atoms with Gasteiger partial charge in [0.1, 0.15) is 11.6 Å². The van der Waals surface area contributed by atoms with E-state index in [-0.39, 0.29) is 28.0 Å². The zero-order valence-electron chi connectivity index (χ0n) is 8.52. The van der Waals surface area contributed by atoms with E-state index in [0.29, 0.717) is 0 Å². The topological polar surface area (TPSA) is 26.0 Å². The zero-order valence-corrected chi connectivity index (χ0v) is 9.28. The van der Waals surface area contributed by atoms with Crippen molar-refractivity contribution in [1.82, 2.24) is 0 Å². The Morgan fingerprint density at radius 2 is 1.87 bits per heavy atom. The van der Waals surface area contributed by atoms with Crippen LogP contribution in [0.2, 0.25) is 5.02 Å². The SMILES string of the molecule is CC1(C)[C@@H](N)[C@@H]1c1c(F)ccc(Cl)c1F. The van der Waals surface area contributed by atoms with Gasteiger partial charge >= 0.3 is 0 Å². The lowest BCUT2D eigenvalue weighted by Gasteiger charge is -2.07. The quantitative estimate of drug-likeness (QED) is 0.739. The third-order valence-corrected chi connectivity index (χ3v) is 3.59. The number of nitrogens with two attached hydrogens (primary N) is 1. The minimum absolute atomic E-state index is 0.0278. The Hall–Kier alpha value is -0.670. The molecule has 1 nitrogen and oxygen atoms in total. The van der Waals surface area contributed by atoms with Crippen LogP contribution in [0.5, 0.6) is 0 Å². The summed E-state index contributed by atoms with van der Waals surface area (Å²) in [4.78, 5) is 0. The third-order valence-electron chi connectivity index (χ3n) is 3.30. The van der Waals surface area contributed by atoms with Gasteiger partial charge in [-0.15, -0.1) is 0 Å². The maximum atomic E-state index is 13.6. The van der Waals surface area contributed by atoms with Gasteiger partial charge in [0, 0.05) is 17.5 Å². The van der Waals surface area contributed by atoms with E-state index in [4.69, 9.17) is 17.3 Å². The van der Waals surface area contributed by atoms with Gasteiger partial charge in [-0.25, -0.2) is 8.78 Å². The molecular weight excluding hydrogens is 220 g/mol. The second-order valence-corrected chi connectivity index (χ2v) is 4.99. The van der Waals surface area contributed by atoms with Crippen LogP contribution in [-0.2, 0) is 0 Å². The molecule has 0 heterocycles. The van der Waals surface area contributed by atoms with Gasteiger partial charge in [-0.2, -0.15) is 0 Å². The molecule has 0 aromatic heterocycles. The van der Waals surface area contributed by atoms with Crippen molar-refractivity contribution in [1.29, 1.82) is 0 Å². The fourth-order valence-corrected chi connectivity index (χ4v) is 2.22. The molecule has 0 aliphatic heterocycles. The highest BCUT2D eigenvalue weighted by molar-refractivity contribution is 6.30. The van der Waals surface area contributed by atoms with Crippen LogP contribution in [-0.4, -0.2) is 6.04 Å². The van der Waals surface area contributed by atoms with Crippen molar-refractivity contribution >= 4 is 11.6 Å². The average Bonchev–Trinajstić information content (AvgIpc) is 2.63. The van der Waals surface area contributed by atoms with Crippen molar-refractivity contribution in [2.45, 2.75) is 25.8 Å². The van der Waals surface area contributed by atoms with Crippen LogP contribution in [0, 0.1) is 17.0 Å². The molecule has 1 aromatic rings. The van der Waals surface area contributed by atoms with Crippen LogP contribution in [0.25, 0.3) is 0 Å². The predicted octanol–water partition coefficient (Wildman–Crippen LogP) is 3.07. The molecule has 15 heavy (non-hydrogen) atoms. The Morgan fingerprint density at radius 3 is 2.33 bits per heavy atom. The number of hydrogen-bond acceptors (Lipinski definition) is 1. The van der Waals surface area contributed by atoms with Crippen LogP contribution in [0.15, 0.2) is 12.1 Å². The molecule has 1 aliphatic rings. The summed E-state index contributed by atoms with van der Waals surface area (Å²) in [5.41, 5.74) is 5.56. The molecule has 2 rings (SSSR count). The molecule has 2 atom stereocenters. The smallest absolute Gasteiger partial charge is 0.148 e. The summed E-state index contributed by atoms with van der Waals surface area (Å²) in [7, 11) is 0. The Kier molecular flexibility index (Phi) is 2.28. The highest BCUT2D eigenvalue weighted by Crippen LogP contribution is 2.58. The van der Waals surface area contributed by atoms with Gasteiger partial charge < -0.3 is 5.73 Å². The first-order valence-corrected chi connectivity index (χ1v) is 5.14. The highest BCUT2D eigenvalue weighted by atomic mass is 35.5. The van der Waals surface area contributed by atoms with E-state index < -0.39 is 11.6 Å². The van der Waals surface area contributed by atoms with E-state index >= 15 is 0 Å². The molecule has 0 amide bonds. The molecule has 0 bridgehead atoms. The van der Waals surface area contributed by atoms with E-state index in [9.17, 15) is 8.78 Å². The van der Waals surface area contributed by atoms with Crippen LogP contribution >= 0.6 is 11.6 Å². The minimum Gasteiger partial charge on any atom is -0.327 e. The summed E-state index contributed by atoms with van der Waals surface area (Å²) in [6.07, 6.45) is 0. The number of benzene rings is 1. The van der Waals surface area contributed by atoms with Gasteiger partial charge in [-0.3, -0.25) is 0 Å². The van der Waals surface area contributed by atoms with Crippen LogP contribution in [0.3, 0.4) is 0 Å². The van der Waals surface area contributed by atoms with Crippen molar-refractivity contribution < 1.29 is 8.78 Å². The normalized spacial score (nSPS) is 27.9. The van der Waals surface area contributed by atoms with Crippen molar-refractivity contribution in [3.8, 4) is 0 Å². The minimum atomic E-state index is -0.678. The number of halogens is 3. The largest absolute Gasteiger partial charge is 0.327 e. The standard InChI is InChI=1S/C11H12ClF2N/c1-11(2)8(10(11)15)7-6(13)4-3-5(12)9(7)14/h3-4,8,10H,15H2,1-2H3/t8-,10-/m0/s1. The molecule has 1 aliphatic carbocycles. The Bertz CT molecular complexity index is 417. The van der Waals surface area contributed by atoms with Crippen molar-refractivity contribution in [2.75, 3.05) is 0 Å². The molecule has 0 spiro atoms. The maximum Gasteiger partial charge on any atom is 0.148 e. The molecule has 4 heteroatoms. The molecule has 1 fully saturated rings. The molecule has 0 saturated heterocycles. The molecule has 1 saturated carbocycles. The Balaban J connectivity index is 2.51. The van der Waals surface area contributed by atoms with E-state index in [1.165, 1.54) is 12.1 Å². The predicted molar refractivity (Wildman–Crippen MR) is 55.9 cm³/mol. The van der Waals surface area contributed by atoms with Crippen molar-refractivity contribution in [3.63, 3.8) is 0 Å². The second kappa shape index (κ2) is 3.16. The Morgan fingerprint density at radius 1 is 1.33 bits per heavy atom. The third kappa shape index (κ3) is 1.45. The zero-order chi connectivity index (χ0) is 11.4. The average molecular weight is 232 g/mol. The first-order chi connectivity index (χ1) is 6.87. The summed E-state index contributed by atoms with van der Waals surface area (Å²) in [6.45, 7) is 3.78. The lowest BCUT2D eigenvalue weighted by atomic mass is 10.0. The van der Waals surface area contributed by atoms with Gasteiger partial charge in [-0.05, 0) is 17.5 Å². The van der Waals surface area contributed by atoms with Crippen molar-refractivity contribution in [2.24, 2.45) is 11.1 Å². The molecule has 1 aromatic carbocycles. The summed E-state index contributed by atoms with van der Waals surface area (Å²) < 4.78 is 27.1. The van der Waals surface area contributed by atoms with E-state index in [0.717, 1.165) is 0 Å². The van der Waals surface area contributed by atoms with Crippen LogP contribution in [0.4, 0.5) is 8.78 Å². The first kappa shape index (κ1) is 10.8. The summed E-state index contributed by atoms with van der Waals surface area (Å²) >= 11 is 5.62.